The molecule has 25 heavy (non-hydrogen) atoms. The molecule has 0 heterocycles. The summed E-state index contributed by atoms with van der Waals surface area (Å²) in [7, 11) is -0.769. The molecule has 1 fully saturated rings. The lowest BCUT2D eigenvalue weighted by Crippen LogP contribution is -2.34. The van der Waals surface area contributed by atoms with E-state index in [0.717, 1.165) is 23.6 Å². The van der Waals surface area contributed by atoms with Gasteiger partial charge in [-0.1, -0.05) is 6.42 Å². The van der Waals surface area contributed by atoms with Crippen molar-refractivity contribution >= 4 is 21.6 Å². The number of anilines is 1. The second-order valence-electron chi connectivity index (χ2n) is 6.49. The fourth-order valence-electron chi connectivity index (χ4n) is 2.97. The molecule has 2 atom stereocenters. The van der Waals surface area contributed by atoms with Crippen molar-refractivity contribution in [3.05, 3.63) is 18.2 Å². The molecule has 1 amide bonds. The molecule has 1 aliphatic carbocycles. The summed E-state index contributed by atoms with van der Waals surface area (Å²) in [6.07, 6.45) is 3.34. The molecular formula is C17H27N3O4S. The number of ether oxygens (including phenoxy) is 1. The fraction of sp³-hybridized carbons (Fsp3) is 0.588. The Labute approximate surface area is 149 Å². The first-order valence-corrected chi connectivity index (χ1v) is 9.95. The second kappa shape index (κ2) is 8.16. The number of carbonyl (C=O) groups is 1. The Morgan fingerprint density at radius 1 is 1.36 bits per heavy atom. The first-order chi connectivity index (χ1) is 11.8. The SMILES string of the molecule is CCOc1ccc(NC(=O)C2CCCC(N)C2)cc1S(=O)(=O)N(C)C. The molecule has 0 aliphatic heterocycles. The number of carbonyl (C=O) groups excluding carboxylic acids is 1. The molecule has 0 radical (unpaired) electrons. The van der Waals surface area contributed by atoms with E-state index in [1.165, 1.54) is 20.2 Å². The summed E-state index contributed by atoms with van der Waals surface area (Å²) in [5.41, 5.74) is 6.38. The summed E-state index contributed by atoms with van der Waals surface area (Å²) in [6.45, 7) is 2.13. The highest BCUT2D eigenvalue weighted by Crippen LogP contribution is 2.30. The summed E-state index contributed by atoms with van der Waals surface area (Å²) in [5.74, 6) is 0.0191. The predicted molar refractivity (Wildman–Crippen MR) is 97.0 cm³/mol. The zero-order chi connectivity index (χ0) is 18.6. The van der Waals surface area contributed by atoms with Crippen LogP contribution in [0.25, 0.3) is 0 Å². The first-order valence-electron chi connectivity index (χ1n) is 8.51. The van der Waals surface area contributed by atoms with Crippen molar-refractivity contribution in [1.29, 1.82) is 0 Å². The van der Waals surface area contributed by atoms with Gasteiger partial charge in [-0.25, -0.2) is 12.7 Å². The van der Waals surface area contributed by atoms with Crippen LogP contribution in [-0.4, -0.2) is 45.4 Å². The predicted octanol–water partition coefficient (Wildman–Crippen LogP) is 1.79. The van der Waals surface area contributed by atoms with E-state index in [4.69, 9.17) is 10.5 Å². The van der Waals surface area contributed by atoms with Crippen LogP contribution in [-0.2, 0) is 14.8 Å². The number of rotatable bonds is 6. The summed E-state index contributed by atoms with van der Waals surface area (Å²) in [4.78, 5) is 12.5. The Bertz CT molecular complexity index is 719. The molecule has 1 aromatic carbocycles. The van der Waals surface area contributed by atoms with E-state index in [2.05, 4.69) is 5.32 Å². The molecule has 140 valence electrons. The van der Waals surface area contributed by atoms with Gasteiger partial charge in [0.25, 0.3) is 0 Å². The number of hydrogen-bond donors (Lipinski definition) is 2. The smallest absolute Gasteiger partial charge is 0.246 e. The largest absolute Gasteiger partial charge is 0.492 e. The van der Waals surface area contributed by atoms with E-state index in [-0.39, 0.29) is 28.5 Å². The number of nitrogens with zero attached hydrogens (tertiary/aromatic N) is 1. The van der Waals surface area contributed by atoms with Crippen LogP contribution in [0.2, 0.25) is 0 Å². The number of nitrogens with two attached hydrogens (primary N) is 1. The molecule has 2 unspecified atom stereocenters. The Hall–Kier alpha value is -1.64. The monoisotopic (exact) mass is 369 g/mol. The summed E-state index contributed by atoms with van der Waals surface area (Å²) in [5, 5.41) is 2.82. The summed E-state index contributed by atoms with van der Waals surface area (Å²) < 4.78 is 31.6. The molecule has 1 saturated carbocycles. The third kappa shape index (κ3) is 4.71. The van der Waals surface area contributed by atoms with Gasteiger partial charge in [0.1, 0.15) is 10.6 Å². The van der Waals surface area contributed by atoms with Gasteiger partial charge in [-0.2, -0.15) is 0 Å². The zero-order valence-corrected chi connectivity index (χ0v) is 15.8. The third-order valence-electron chi connectivity index (χ3n) is 4.36. The van der Waals surface area contributed by atoms with Crippen molar-refractivity contribution in [3.8, 4) is 5.75 Å². The Kier molecular flexibility index (Phi) is 6.42. The van der Waals surface area contributed by atoms with E-state index < -0.39 is 10.0 Å². The highest BCUT2D eigenvalue weighted by atomic mass is 32.2. The number of amides is 1. The van der Waals surface area contributed by atoms with E-state index in [1.54, 1.807) is 19.1 Å². The average Bonchev–Trinajstić information content (AvgIpc) is 2.56. The molecule has 0 saturated heterocycles. The molecular weight excluding hydrogens is 342 g/mol. The Morgan fingerprint density at radius 2 is 2.08 bits per heavy atom. The molecule has 7 nitrogen and oxygen atoms in total. The molecule has 3 N–H and O–H groups in total. The molecule has 1 aliphatic rings. The topological polar surface area (TPSA) is 102 Å². The quantitative estimate of drug-likeness (QED) is 0.796. The van der Waals surface area contributed by atoms with Gasteiger partial charge >= 0.3 is 0 Å². The molecule has 0 aromatic heterocycles. The van der Waals surface area contributed by atoms with E-state index in [1.807, 2.05) is 0 Å². The second-order valence-corrected chi connectivity index (χ2v) is 8.62. The van der Waals surface area contributed by atoms with Crippen molar-refractivity contribution < 1.29 is 17.9 Å². The maximum Gasteiger partial charge on any atom is 0.246 e. The number of hydrogen-bond acceptors (Lipinski definition) is 5. The van der Waals surface area contributed by atoms with Crippen LogP contribution in [0, 0.1) is 5.92 Å². The van der Waals surface area contributed by atoms with Gasteiger partial charge < -0.3 is 15.8 Å². The number of sulfonamides is 1. The zero-order valence-electron chi connectivity index (χ0n) is 15.0. The lowest BCUT2D eigenvalue weighted by Gasteiger charge is -2.25. The minimum absolute atomic E-state index is 0.0393. The maximum atomic E-state index is 12.5. The van der Waals surface area contributed by atoms with Crippen LogP contribution in [0.3, 0.4) is 0 Å². The fourth-order valence-corrected chi connectivity index (χ4v) is 4.02. The highest BCUT2D eigenvalue weighted by molar-refractivity contribution is 7.89. The van der Waals surface area contributed by atoms with Crippen LogP contribution in [0.4, 0.5) is 5.69 Å². The summed E-state index contributed by atoms with van der Waals surface area (Å²) in [6, 6.07) is 4.72. The van der Waals surface area contributed by atoms with Crippen LogP contribution in [0.5, 0.6) is 5.75 Å². The summed E-state index contributed by atoms with van der Waals surface area (Å²) >= 11 is 0. The van der Waals surface area contributed by atoms with Gasteiger partial charge in [-0.15, -0.1) is 0 Å². The molecule has 0 bridgehead atoms. The van der Waals surface area contributed by atoms with Gasteiger partial charge in [0, 0.05) is 31.7 Å². The lowest BCUT2D eigenvalue weighted by molar-refractivity contribution is -0.120. The Balaban J connectivity index is 2.26. The van der Waals surface area contributed by atoms with Crippen LogP contribution < -0.4 is 15.8 Å². The maximum absolute atomic E-state index is 12.5. The molecule has 1 aromatic rings. The van der Waals surface area contributed by atoms with Gasteiger partial charge in [0.2, 0.25) is 15.9 Å². The molecule has 2 rings (SSSR count). The van der Waals surface area contributed by atoms with Crippen LogP contribution >= 0.6 is 0 Å². The van der Waals surface area contributed by atoms with Crippen molar-refractivity contribution in [2.24, 2.45) is 11.7 Å². The van der Waals surface area contributed by atoms with Crippen LogP contribution in [0.15, 0.2) is 23.1 Å². The van der Waals surface area contributed by atoms with Crippen molar-refractivity contribution in [3.63, 3.8) is 0 Å². The van der Waals surface area contributed by atoms with Gasteiger partial charge in [-0.3, -0.25) is 4.79 Å². The van der Waals surface area contributed by atoms with Gasteiger partial charge in [0.15, 0.2) is 0 Å². The van der Waals surface area contributed by atoms with E-state index in [9.17, 15) is 13.2 Å². The minimum Gasteiger partial charge on any atom is -0.492 e. The van der Waals surface area contributed by atoms with Gasteiger partial charge in [-0.05, 0) is 44.4 Å². The molecule has 8 heteroatoms. The van der Waals surface area contributed by atoms with Crippen molar-refractivity contribution in [2.45, 2.75) is 43.5 Å². The average molecular weight is 369 g/mol. The lowest BCUT2D eigenvalue weighted by atomic mass is 9.85. The van der Waals surface area contributed by atoms with Crippen molar-refractivity contribution in [2.75, 3.05) is 26.0 Å². The number of nitrogens with one attached hydrogen (secondary N) is 1. The highest BCUT2D eigenvalue weighted by Gasteiger charge is 2.27. The first kappa shape index (κ1) is 19.7. The normalized spacial score (nSPS) is 21.2. The molecule has 0 spiro atoms. The number of benzene rings is 1. The minimum atomic E-state index is -3.68. The van der Waals surface area contributed by atoms with Crippen LogP contribution in [0.1, 0.15) is 32.6 Å². The van der Waals surface area contributed by atoms with Crippen molar-refractivity contribution in [1.82, 2.24) is 4.31 Å². The van der Waals surface area contributed by atoms with E-state index in [0.29, 0.717) is 18.7 Å². The third-order valence-corrected chi connectivity index (χ3v) is 6.19. The van der Waals surface area contributed by atoms with E-state index >= 15 is 0 Å². The Morgan fingerprint density at radius 3 is 2.68 bits per heavy atom. The standard InChI is InChI=1S/C17H27N3O4S/c1-4-24-15-9-8-14(11-16(15)25(22,23)20(2)3)19-17(21)12-6-5-7-13(18)10-12/h8-9,11-13H,4-7,10,18H2,1-3H3,(H,19,21). The van der Waals surface area contributed by atoms with Gasteiger partial charge in [0.05, 0.1) is 6.61 Å².